The molecule has 3 heterocycles. The van der Waals surface area contributed by atoms with Gasteiger partial charge in [-0.15, -0.1) is 0 Å². The number of likely N-dealkylation sites (tertiary alicyclic amines) is 1. The van der Waals surface area contributed by atoms with Crippen LogP contribution >= 0.6 is 0 Å². The summed E-state index contributed by atoms with van der Waals surface area (Å²) in [7, 11) is 0. The van der Waals surface area contributed by atoms with Crippen LogP contribution in [-0.4, -0.2) is 49.2 Å². The molecular weight excluding hydrogens is 216 g/mol. The Morgan fingerprint density at radius 3 is 3.12 bits per heavy atom. The molecule has 3 fully saturated rings. The maximum atomic E-state index is 12.2. The van der Waals surface area contributed by atoms with E-state index in [0.29, 0.717) is 30.4 Å². The van der Waals surface area contributed by atoms with Crippen LogP contribution in [0.4, 0.5) is 0 Å². The molecule has 0 aromatic rings. The zero-order valence-corrected chi connectivity index (χ0v) is 10.4. The molecule has 0 aliphatic carbocycles. The smallest absolute Gasteiger partial charge is 0.222 e. The fourth-order valence-corrected chi connectivity index (χ4v) is 3.46. The van der Waals surface area contributed by atoms with Gasteiger partial charge in [0, 0.05) is 38.7 Å². The predicted octanol–water partition coefficient (Wildman–Crippen LogP) is 0.766. The third-order valence-corrected chi connectivity index (χ3v) is 4.47. The highest BCUT2D eigenvalue weighted by atomic mass is 16.5. The van der Waals surface area contributed by atoms with Crippen LogP contribution in [0.1, 0.15) is 32.1 Å². The fraction of sp³-hybridized carbons (Fsp3) is 0.923. The van der Waals surface area contributed by atoms with E-state index in [1.54, 1.807) is 0 Å². The zero-order valence-electron chi connectivity index (χ0n) is 10.4. The first-order valence-corrected chi connectivity index (χ1v) is 6.96. The molecule has 0 aromatic carbocycles. The standard InChI is InChI=1S/C13H22N2O2/c16-13(4-3-11-2-1-7-17-11)15-6-5-10-8-14-9-12(10)15/h10-12,14H,1-9H2/t10-,11?,12+/m0/s1. The van der Waals surface area contributed by atoms with Gasteiger partial charge in [-0.3, -0.25) is 4.79 Å². The molecule has 1 amide bonds. The van der Waals surface area contributed by atoms with Gasteiger partial charge in [0.25, 0.3) is 0 Å². The van der Waals surface area contributed by atoms with Gasteiger partial charge in [-0.05, 0) is 31.6 Å². The predicted molar refractivity (Wildman–Crippen MR) is 64.7 cm³/mol. The van der Waals surface area contributed by atoms with Crippen molar-refractivity contribution in [3.05, 3.63) is 0 Å². The first-order valence-electron chi connectivity index (χ1n) is 6.96. The molecule has 3 aliphatic heterocycles. The van der Waals surface area contributed by atoms with Gasteiger partial charge in [-0.2, -0.15) is 0 Å². The topological polar surface area (TPSA) is 41.6 Å². The minimum Gasteiger partial charge on any atom is -0.378 e. The van der Waals surface area contributed by atoms with Crippen LogP contribution in [0.25, 0.3) is 0 Å². The lowest BCUT2D eigenvalue weighted by atomic mass is 10.0. The van der Waals surface area contributed by atoms with Gasteiger partial charge >= 0.3 is 0 Å². The quantitative estimate of drug-likeness (QED) is 0.789. The molecule has 3 aliphatic rings. The van der Waals surface area contributed by atoms with E-state index >= 15 is 0 Å². The molecule has 1 N–H and O–H groups in total. The lowest BCUT2D eigenvalue weighted by Gasteiger charge is -2.24. The second-order valence-electron chi connectivity index (χ2n) is 5.54. The lowest BCUT2D eigenvalue weighted by molar-refractivity contribution is -0.132. The molecule has 4 heteroatoms. The highest BCUT2D eigenvalue weighted by molar-refractivity contribution is 5.77. The van der Waals surface area contributed by atoms with Crippen LogP contribution in [0.15, 0.2) is 0 Å². The SMILES string of the molecule is O=C(CCC1CCCO1)N1CC[C@H]2CNC[C@H]21. The van der Waals surface area contributed by atoms with Gasteiger partial charge in [-0.25, -0.2) is 0 Å². The van der Waals surface area contributed by atoms with E-state index in [4.69, 9.17) is 4.74 Å². The Hall–Kier alpha value is -0.610. The summed E-state index contributed by atoms with van der Waals surface area (Å²) in [5.74, 6) is 1.05. The highest BCUT2D eigenvalue weighted by Crippen LogP contribution is 2.28. The van der Waals surface area contributed by atoms with Crippen LogP contribution in [0.2, 0.25) is 0 Å². The minimum atomic E-state index is 0.344. The number of nitrogens with zero attached hydrogens (tertiary/aromatic N) is 1. The van der Waals surface area contributed by atoms with Crippen molar-refractivity contribution < 1.29 is 9.53 Å². The number of amides is 1. The van der Waals surface area contributed by atoms with Crippen molar-refractivity contribution in [2.45, 2.75) is 44.2 Å². The van der Waals surface area contributed by atoms with Crippen molar-refractivity contribution in [3.63, 3.8) is 0 Å². The van der Waals surface area contributed by atoms with Crippen molar-refractivity contribution in [3.8, 4) is 0 Å². The molecule has 96 valence electrons. The Bertz CT molecular complexity index is 289. The van der Waals surface area contributed by atoms with E-state index in [0.717, 1.165) is 45.5 Å². The Morgan fingerprint density at radius 1 is 1.35 bits per heavy atom. The van der Waals surface area contributed by atoms with Gasteiger partial charge in [0.15, 0.2) is 0 Å². The maximum absolute atomic E-state index is 12.2. The summed E-state index contributed by atoms with van der Waals surface area (Å²) < 4.78 is 5.57. The fourth-order valence-electron chi connectivity index (χ4n) is 3.46. The van der Waals surface area contributed by atoms with Crippen LogP contribution in [-0.2, 0) is 9.53 Å². The third kappa shape index (κ3) is 2.33. The monoisotopic (exact) mass is 238 g/mol. The van der Waals surface area contributed by atoms with E-state index in [2.05, 4.69) is 10.2 Å². The minimum absolute atomic E-state index is 0.344. The van der Waals surface area contributed by atoms with E-state index in [1.807, 2.05) is 0 Å². The molecule has 3 rings (SSSR count). The first-order chi connectivity index (χ1) is 8.34. The van der Waals surface area contributed by atoms with Gasteiger partial charge in [0.1, 0.15) is 0 Å². The molecule has 4 nitrogen and oxygen atoms in total. The summed E-state index contributed by atoms with van der Waals surface area (Å²) in [6.07, 6.45) is 5.43. The number of hydrogen-bond acceptors (Lipinski definition) is 3. The van der Waals surface area contributed by atoms with Gasteiger partial charge < -0.3 is 15.0 Å². The number of carbonyl (C=O) groups excluding carboxylic acids is 1. The second-order valence-corrected chi connectivity index (χ2v) is 5.54. The Labute approximate surface area is 103 Å². The Balaban J connectivity index is 1.48. The first kappa shape index (κ1) is 11.5. The third-order valence-electron chi connectivity index (χ3n) is 4.47. The number of nitrogens with one attached hydrogen (secondary N) is 1. The molecule has 0 bridgehead atoms. The molecule has 17 heavy (non-hydrogen) atoms. The molecule has 3 atom stereocenters. The molecule has 0 radical (unpaired) electrons. The second kappa shape index (κ2) is 4.94. The van der Waals surface area contributed by atoms with Crippen molar-refractivity contribution in [2.24, 2.45) is 5.92 Å². The van der Waals surface area contributed by atoms with Crippen molar-refractivity contribution in [2.75, 3.05) is 26.2 Å². The van der Waals surface area contributed by atoms with Gasteiger partial charge in [0.05, 0.1) is 6.10 Å². The molecular formula is C13H22N2O2. The van der Waals surface area contributed by atoms with Crippen molar-refractivity contribution in [1.29, 1.82) is 0 Å². The number of hydrogen-bond donors (Lipinski definition) is 1. The summed E-state index contributed by atoms with van der Waals surface area (Å²) in [6.45, 7) is 3.95. The van der Waals surface area contributed by atoms with E-state index in [9.17, 15) is 4.79 Å². The van der Waals surface area contributed by atoms with Crippen molar-refractivity contribution >= 4 is 5.91 Å². The molecule has 3 saturated heterocycles. The Morgan fingerprint density at radius 2 is 2.29 bits per heavy atom. The summed E-state index contributed by atoms with van der Waals surface area (Å²) in [5.41, 5.74) is 0. The van der Waals surface area contributed by atoms with Crippen LogP contribution < -0.4 is 5.32 Å². The van der Waals surface area contributed by atoms with Gasteiger partial charge in [-0.1, -0.05) is 0 Å². The van der Waals surface area contributed by atoms with Crippen molar-refractivity contribution in [1.82, 2.24) is 10.2 Å². The molecule has 1 unspecified atom stereocenters. The highest BCUT2D eigenvalue weighted by Gasteiger charge is 2.39. The average Bonchev–Trinajstić information content (AvgIpc) is 3.02. The largest absolute Gasteiger partial charge is 0.378 e. The summed E-state index contributed by atoms with van der Waals surface area (Å²) in [5, 5.41) is 3.39. The molecule has 0 spiro atoms. The maximum Gasteiger partial charge on any atom is 0.222 e. The number of ether oxygens (including phenoxy) is 1. The summed E-state index contributed by atoms with van der Waals surface area (Å²) in [4.78, 5) is 14.3. The molecule has 0 aromatic heterocycles. The normalized spacial score (nSPS) is 36.5. The number of fused-ring (bicyclic) bond motifs is 1. The summed E-state index contributed by atoms with van der Waals surface area (Å²) in [6, 6.07) is 0.479. The number of carbonyl (C=O) groups is 1. The van der Waals surface area contributed by atoms with E-state index < -0.39 is 0 Å². The summed E-state index contributed by atoms with van der Waals surface area (Å²) >= 11 is 0. The van der Waals surface area contributed by atoms with E-state index in [-0.39, 0.29) is 0 Å². The lowest BCUT2D eigenvalue weighted by Crippen LogP contribution is -2.39. The van der Waals surface area contributed by atoms with E-state index in [1.165, 1.54) is 6.42 Å². The van der Waals surface area contributed by atoms with Crippen LogP contribution in [0.5, 0.6) is 0 Å². The zero-order chi connectivity index (χ0) is 11.7. The van der Waals surface area contributed by atoms with Crippen LogP contribution in [0.3, 0.4) is 0 Å². The Kier molecular flexibility index (Phi) is 3.34. The number of rotatable bonds is 3. The molecule has 0 saturated carbocycles. The van der Waals surface area contributed by atoms with Crippen LogP contribution in [0, 0.1) is 5.92 Å². The van der Waals surface area contributed by atoms with Gasteiger partial charge in [0.2, 0.25) is 5.91 Å². The average molecular weight is 238 g/mol.